The molecule has 9 heteroatoms. The number of carbonyl (C=O) groups excluding carboxylic acids is 2. The molecule has 8 nitrogen and oxygen atoms in total. The number of nitrogens with zero attached hydrogens (tertiary/aromatic N) is 3. The quantitative estimate of drug-likeness (QED) is 0.726. The van der Waals surface area contributed by atoms with Gasteiger partial charge >= 0.3 is 0 Å². The molecule has 33 heavy (non-hydrogen) atoms. The van der Waals surface area contributed by atoms with Crippen LogP contribution in [0, 0.1) is 13.8 Å². The normalized spacial score (nSPS) is 18.2. The van der Waals surface area contributed by atoms with Crippen molar-refractivity contribution in [1.82, 2.24) is 4.31 Å². The van der Waals surface area contributed by atoms with Crippen LogP contribution < -0.4 is 15.1 Å². The predicted molar refractivity (Wildman–Crippen MR) is 129 cm³/mol. The fourth-order valence-corrected chi connectivity index (χ4v) is 5.40. The number of sulfonamides is 1. The van der Waals surface area contributed by atoms with Crippen LogP contribution in [0.25, 0.3) is 0 Å². The maximum atomic E-state index is 13.5. The first-order valence-corrected chi connectivity index (χ1v) is 12.6. The van der Waals surface area contributed by atoms with Crippen molar-refractivity contribution in [3.8, 4) is 0 Å². The number of fused-ring (bicyclic) bond motifs is 3. The smallest absolute Gasteiger partial charge is 0.250 e. The average molecular weight is 471 g/mol. The van der Waals surface area contributed by atoms with Gasteiger partial charge in [0.05, 0.1) is 16.3 Å². The van der Waals surface area contributed by atoms with Crippen LogP contribution in [0.4, 0.5) is 17.1 Å². The second-order valence-corrected chi connectivity index (χ2v) is 11.1. The van der Waals surface area contributed by atoms with Gasteiger partial charge in [0.1, 0.15) is 12.6 Å². The summed E-state index contributed by atoms with van der Waals surface area (Å²) < 4.78 is 26.6. The number of hydrogen-bond donors (Lipinski definition) is 1. The molecule has 1 atom stereocenters. The van der Waals surface area contributed by atoms with Crippen molar-refractivity contribution < 1.29 is 18.0 Å². The molecule has 176 valence electrons. The highest BCUT2D eigenvalue weighted by molar-refractivity contribution is 7.89. The summed E-state index contributed by atoms with van der Waals surface area (Å²) in [6.07, 6.45) is 2.62. The van der Waals surface area contributed by atoms with Crippen LogP contribution in [-0.2, 0) is 19.6 Å². The molecule has 2 aromatic rings. The Morgan fingerprint density at radius 2 is 1.85 bits per heavy atom. The number of hydrogen-bond acceptors (Lipinski definition) is 5. The highest BCUT2D eigenvalue weighted by atomic mass is 32.2. The van der Waals surface area contributed by atoms with Crippen molar-refractivity contribution in [2.24, 2.45) is 0 Å². The Labute approximate surface area is 195 Å². The van der Waals surface area contributed by atoms with E-state index in [4.69, 9.17) is 0 Å². The van der Waals surface area contributed by atoms with Crippen LogP contribution in [0.1, 0.15) is 30.4 Å². The minimum Gasteiger partial charge on any atom is -0.358 e. The number of nitrogens with one attached hydrogen (secondary N) is 1. The average Bonchev–Trinajstić information content (AvgIpc) is 2.78. The molecule has 0 radical (unpaired) electrons. The monoisotopic (exact) mass is 470 g/mol. The summed E-state index contributed by atoms with van der Waals surface area (Å²) in [7, 11) is -0.755. The van der Waals surface area contributed by atoms with Crippen molar-refractivity contribution in [2.45, 2.75) is 44.0 Å². The Bertz CT molecular complexity index is 1210. The number of piperidine rings is 1. The molecule has 0 spiro atoms. The molecule has 2 aliphatic rings. The minimum atomic E-state index is -3.69. The first kappa shape index (κ1) is 23.3. The molecule has 4 rings (SSSR count). The van der Waals surface area contributed by atoms with E-state index < -0.39 is 10.0 Å². The second-order valence-electron chi connectivity index (χ2n) is 8.93. The molecular formula is C24H30N4O4S. The van der Waals surface area contributed by atoms with Gasteiger partial charge in [0, 0.05) is 26.3 Å². The van der Waals surface area contributed by atoms with E-state index in [1.165, 1.54) is 25.1 Å². The highest BCUT2D eigenvalue weighted by Crippen LogP contribution is 2.40. The standard InChI is InChI=1S/C24H30N4O4S/c1-16-8-9-17(2)19(13-16)25-23(29)15-28-22-14-18(33(31,32)26(3)4)10-11-20(22)27-12-6-5-7-21(27)24(28)30/h8-11,13-14,21H,5-7,12,15H2,1-4H3,(H,25,29). The van der Waals surface area contributed by atoms with Gasteiger partial charge in [-0.3, -0.25) is 14.5 Å². The number of amides is 2. The largest absolute Gasteiger partial charge is 0.358 e. The summed E-state index contributed by atoms with van der Waals surface area (Å²) in [4.78, 5) is 30.1. The van der Waals surface area contributed by atoms with Crippen LogP contribution in [-0.4, -0.2) is 57.8 Å². The first-order chi connectivity index (χ1) is 15.6. The third kappa shape index (κ3) is 4.35. The van der Waals surface area contributed by atoms with Crippen molar-refractivity contribution in [3.63, 3.8) is 0 Å². The molecule has 0 aromatic heterocycles. The number of rotatable bonds is 5. The first-order valence-electron chi connectivity index (χ1n) is 11.1. The van der Waals surface area contributed by atoms with E-state index in [1.807, 2.05) is 36.9 Å². The lowest BCUT2D eigenvalue weighted by atomic mass is 9.96. The van der Waals surface area contributed by atoms with Gasteiger partial charge in [0.25, 0.3) is 0 Å². The molecule has 2 heterocycles. The van der Waals surface area contributed by atoms with Gasteiger partial charge in [0.15, 0.2) is 0 Å². The van der Waals surface area contributed by atoms with Crippen LogP contribution in [0.5, 0.6) is 0 Å². The van der Waals surface area contributed by atoms with Crippen LogP contribution in [0.15, 0.2) is 41.3 Å². The van der Waals surface area contributed by atoms with Crippen molar-refractivity contribution in [2.75, 3.05) is 42.3 Å². The Balaban J connectivity index is 1.71. The van der Waals surface area contributed by atoms with Crippen molar-refractivity contribution in [3.05, 3.63) is 47.5 Å². The molecule has 2 aromatic carbocycles. The van der Waals surface area contributed by atoms with E-state index in [0.29, 0.717) is 17.8 Å². The lowest BCUT2D eigenvalue weighted by Gasteiger charge is -2.45. The van der Waals surface area contributed by atoms with Crippen molar-refractivity contribution in [1.29, 1.82) is 0 Å². The summed E-state index contributed by atoms with van der Waals surface area (Å²) in [6.45, 7) is 4.40. The highest BCUT2D eigenvalue weighted by Gasteiger charge is 2.40. The molecule has 0 bridgehead atoms. The van der Waals surface area contributed by atoms with Gasteiger partial charge in [-0.1, -0.05) is 12.1 Å². The Kier molecular flexibility index (Phi) is 6.20. The topological polar surface area (TPSA) is 90.0 Å². The maximum absolute atomic E-state index is 13.5. The van der Waals surface area contributed by atoms with Gasteiger partial charge < -0.3 is 10.2 Å². The van der Waals surface area contributed by atoms with Gasteiger partial charge in [0.2, 0.25) is 21.8 Å². The minimum absolute atomic E-state index is 0.0921. The van der Waals surface area contributed by atoms with E-state index in [9.17, 15) is 18.0 Å². The molecule has 0 saturated carbocycles. The molecule has 1 unspecified atom stereocenters. The fraction of sp³-hybridized carbons (Fsp3) is 0.417. The zero-order chi connectivity index (χ0) is 23.9. The Morgan fingerprint density at radius 1 is 1.09 bits per heavy atom. The molecule has 2 aliphatic heterocycles. The lowest BCUT2D eigenvalue weighted by Crippen LogP contribution is -2.56. The van der Waals surface area contributed by atoms with Crippen LogP contribution >= 0.6 is 0 Å². The zero-order valence-electron chi connectivity index (χ0n) is 19.5. The number of aryl methyl sites for hydroxylation is 2. The summed E-state index contributed by atoms with van der Waals surface area (Å²) in [5.74, 6) is -0.495. The van der Waals surface area contributed by atoms with Gasteiger partial charge in [-0.25, -0.2) is 12.7 Å². The fourth-order valence-electron chi connectivity index (χ4n) is 4.48. The van der Waals surface area contributed by atoms with E-state index in [2.05, 4.69) is 5.32 Å². The molecule has 2 amide bonds. The lowest BCUT2D eigenvalue weighted by molar-refractivity contribution is -0.123. The molecule has 1 N–H and O–H groups in total. The van der Waals surface area contributed by atoms with Gasteiger partial charge in [-0.2, -0.15) is 0 Å². The van der Waals surface area contributed by atoms with Gasteiger partial charge in [-0.15, -0.1) is 0 Å². The molecular weight excluding hydrogens is 440 g/mol. The Hall–Kier alpha value is -2.91. The molecule has 0 aliphatic carbocycles. The number of anilines is 3. The zero-order valence-corrected chi connectivity index (χ0v) is 20.3. The number of benzene rings is 2. The van der Waals surface area contributed by atoms with Crippen molar-refractivity contribution >= 4 is 38.9 Å². The number of carbonyl (C=O) groups is 2. The summed E-state index contributed by atoms with van der Waals surface area (Å²) in [6, 6.07) is 10.3. The molecule has 1 fully saturated rings. The maximum Gasteiger partial charge on any atom is 0.250 e. The third-order valence-electron chi connectivity index (χ3n) is 6.35. The van der Waals surface area contributed by atoms with E-state index in [1.54, 1.807) is 12.1 Å². The summed E-state index contributed by atoms with van der Waals surface area (Å²) in [5.41, 5.74) is 3.89. The van der Waals surface area contributed by atoms with Crippen LogP contribution in [0.2, 0.25) is 0 Å². The third-order valence-corrected chi connectivity index (χ3v) is 8.16. The SMILES string of the molecule is Cc1ccc(C)c(NC(=O)CN2C(=O)C3CCCCN3c3ccc(S(=O)(=O)N(C)C)cc32)c1. The van der Waals surface area contributed by atoms with E-state index in [-0.39, 0.29) is 29.3 Å². The predicted octanol–water partition coefficient (Wildman–Crippen LogP) is 2.90. The Morgan fingerprint density at radius 3 is 2.58 bits per heavy atom. The summed E-state index contributed by atoms with van der Waals surface area (Å²) >= 11 is 0. The molecule has 1 saturated heterocycles. The van der Waals surface area contributed by atoms with Gasteiger partial charge in [-0.05, 0) is 68.5 Å². The second kappa shape index (κ2) is 8.79. The van der Waals surface area contributed by atoms with E-state index in [0.717, 1.165) is 40.5 Å². The van der Waals surface area contributed by atoms with Crippen LogP contribution in [0.3, 0.4) is 0 Å². The summed E-state index contributed by atoms with van der Waals surface area (Å²) in [5, 5.41) is 2.91. The van der Waals surface area contributed by atoms with E-state index >= 15 is 0 Å².